The average Bonchev–Trinajstić information content (AvgIpc) is 2.75. The molecule has 1 aromatic heterocycles. The monoisotopic (exact) mass is 472 g/mol. The number of esters is 1. The number of carbonyl (C=O) groups is 1. The number of rotatable bonds is 8. The highest BCUT2D eigenvalue weighted by Gasteiger charge is 2.34. The topological polar surface area (TPSA) is 102 Å². The molecule has 1 unspecified atom stereocenters. The van der Waals surface area contributed by atoms with Crippen LogP contribution in [0.4, 0.5) is 0 Å². The van der Waals surface area contributed by atoms with Gasteiger partial charge in [0.1, 0.15) is 5.56 Å². The number of pyridine rings is 1. The van der Waals surface area contributed by atoms with Crippen molar-refractivity contribution in [1.82, 2.24) is 4.57 Å². The second-order valence-corrected chi connectivity index (χ2v) is 10.6. The van der Waals surface area contributed by atoms with E-state index in [1.807, 2.05) is 30.5 Å². The summed E-state index contributed by atoms with van der Waals surface area (Å²) in [4.78, 5) is 30.1. The van der Waals surface area contributed by atoms with Crippen LogP contribution in [-0.4, -0.2) is 37.5 Å². The molecule has 1 aliphatic heterocycles. The molecule has 186 valence electrons. The van der Waals surface area contributed by atoms with E-state index < -0.39 is 5.97 Å². The predicted octanol–water partition coefficient (Wildman–Crippen LogP) is 4.14. The van der Waals surface area contributed by atoms with Crippen LogP contribution in [0.15, 0.2) is 29.2 Å². The molecule has 2 heterocycles. The second-order valence-electron chi connectivity index (χ2n) is 10.6. The highest BCUT2D eigenvalue weighted by atomic mass is 16.6. The van der Waals surface area contributed by atoms with E-state index in [4.69, 9.17) is 24.9 Å². The number of methoxy groups -OCH3 is 1. The summed E-state index contributed by atoms with van der Waals surface area (Å²) in [7, 11) is 1.58. The maximum Gasteiger partial charge on any atom is 0.343 e. The molecular weight excluding hydrogens is 436 g/mol. The largest absolute Gasteiger partial charge is 0.493 e. The summed E-state index contributed by atoms with van der Waals surface area (Å²) in [6.45, 7) is 13.1. The average molecular weight is 473 g/mol. The number of nitrogens with two attached hydrogens (primary N) is 1. The Bertz CT molecular complexity index is 1110. The molecule has 0 radical (unpaired) electrons. The fourth-order valence-corrected chi connectivity index (χ4v) is 4.24. The van der Waals surface area contributed by atoms with Gasteiger partial charge in [-0.2, -0.15) is 0 Å². The molecule has 2 N–H and O–H groups in total. The Hall–Kier alpha value is -2.84. The summed E-state index contributed by atoms with van der Waals surface area (Å²) >= 11 is 0. The van der Waals surface area contributed by atoms with Crippen molar-refractivity contribution in [3.63, 3.8) is 0 Å². The first kappa shape index (κ1) is 25.8. The Morgan fingerprint density at radius 2 is 1.82 bits per heavy atom. The van der Waals surface area contributed by atoms with Gasteiger partial charge >= 0.3 is 5.97 Å². The summed E-state index contributed by atoms with van der Waals surface area (Å²) in [6, 6.07) is 5.40. The minimum Gasteiger partial charge on any atom is -0.493 e. The van der Waals surface area contributed by atoms with Crippen LogP contribution in [0, 0.1) is 10.8 Å². The summed E-state index contributed by atoms with van der Waals surface area (Å²) in [5.41, 5.74) is 1.91. The lowest BCUT2D eigenvalue weighted by molar-refractivity contribution is 0.0338. The van der Waals surface area contributed by atoms with Crippen LogP contribution in [-0.2, 0) is 16.0 Å². The van der Waals surface area contributed by atoms with E-state index in [0.29, 0.717) is 31.1 Å². The van der Waals surface area contributed by atoms with Crippen LogP contribution in [0.5, 0.6) is 11.5 Å². The second kappa shape index (κ2) is 9.80. The molecule has 8 heteroatoms. The molecule has 2 aromatic rings. The van der Waals surface area contributed by atoms with Crippen LogP contribution >= 0.6 is 0 Å². The van der Waals surface area contributed by atoms with Crippen molar-refractivity contribution < 1.29 is 23.8 Å². The number of benzene rings is 1. The lowest BCUT2D eigenvalue weighted by Gasteiger charge is -2.39. The maximum atomic E-state index is 12.9. The number of ether oxygens (including phenoxy) is 3. The van der Waals surface area contributed by atoms with Gasteiger partial charge in [-0.3, -0.25) is 4.79 Å². The Balaban J connectivity index is 2.13. The lowest BCUT2D eigenvalue weighted by Crippen LogP contribution is -2.33. The SMILES string of the molecule is CCOC(=O)c1cn2c(cc1=O)-c1cc(OC)c(OCC(C)(C)CON)cc1CC2C(C)(C)C. The zero-order valence-electron chi connectivity index (χ0n) is 21.2. The molecule has 3 rings (SSSR count). The fourth-order valence-electron chi connectivity index (χ4n) is 4.24. The van der Waals surface area contributed by atoms with E-state index in [2.05, 4.69) is 20.8 Å². The molecule has 1 aliphatic rings. The minimum atomic E-state index is -0.605. The number of hydrogen-bond donors (Lipinski definition) is 1. The standard InChI is InChI=1S/C26H36N2O6/c1-8-32-24(30)18-13-28-19(12-20(18)29)17-11-21(31-7)22(33-14-26(5,6)15-34-27)9-16(17)10-23(28)25(2,3)4/h9,11-13,23H,8,10,14-15,27H2,1-7H3. The van der Waals surface area contributed by atoms with Crippen molar-refractivity contribution in [1.29, 1.82) is 0 Å². The van der Waals surface area contributed by atoms with Gasteiger partial charge in [0.05, 0.1) is 32.6 Å². The smallest absolute Gasteiger partial charge is 0.343 e. The van der Waals surface area contributed by atoms with Gasteiger partial charge in [0, 0.05) is 29.3 Å². The van der Waals surface area contributed by atoms with Gasteiger partial charge in [-0.15, -0.1) is 0 Å². The van der Waals surface area contributed by atoms with Crippen molar-refractivity contribution in [3.8, 4) is 22.8 Å². The Morgan fingerprint density at radius 3 is 2.41 bits per heavy atom. The summed E-state index contributed by atoms with van der Waals surface area (Å²) in [5.74, 6) is 5.83. The first-order valence-corrected chi connectivity index (χ1v) is 11.5. The molecule has 0 aliphatic carbocycles. The van der Waals surface area contributed by atoms with Gasteiger partial charge in [0.15, 0.2) is 16.9 Å². The Kier molecular flexibility index (Phi) is 7.43. The highest BCUT2D eigenvalue weighted by molar-refractivity contribution is 5.89. The first-order valence-electron chi connectivity index (χ1n) is 11.5. The van der Waals surface area contributed by atoms with Crippen LogP contribution in [0.3, 0.4) is 0 Å². The first-order chi connectivity index (χ1) is 15.9. The summed E-state index contributed by atoms with van der Waals surface area (Å²) in [5, 5.41) is 0. The van der Waals surface area contributed by atoms with E-state index >= 15 is 0 Å². The third kappa shape index (κ3) is 5.28. The maximum absolute atomic E-state index is 12.9. The van der Waals surface area contributed by atoms with Crippen LogP contribution in [0.1, 0.15) is 63.5 Å². The van der Waals surface area contributed by atoms with Gasteiger partial charge in [0.25, 0.3) is 0 Å². The van der Waals surface area contributed by atoms with Gasteiger partial charge < -0.3 is 23.6 Å². The third-order valence-electron chi connectivity index (χ3n) is 6.08. The predicted molar refractivity (Wildman–Crippen MR) is 130 cm³/mol. The molecule has 0 bridgehead atoms. The van der Waals surface area contributed by atoms with Crippen molar-refractivity contribution in [2.24, 2.45) is 16.7 Å². The van der Waals surface area contributed by atoms with Crippen LogP contribution in [0.2, 0.25) is 0 Å². The Labute approximate surface area is 200 Å². The van der Waals surface area contributed by atoms with Crippen molar-refractivity contribution in [2.75, 3.05) is 26.9 Å². The number of hydrogen-bond acceptors (Lipinski definition) is 7. The van der Waals surface area contributed by atoms with Gasteiger partial charge in [-0.1, -0.05) is 34.6 Å². The zero-order chi connectivity index (χ0) is 25.3. The van der Waals surface area contributed by atoms with Crippen molar-refractivity contribution >= 4 is 5.97 Å². The highest BCUT2D eigenvalue weighted by Crippen LogP contribution is 2.45. The molecule has 0 saturated carbocycles. The van der Waals surface area contributed by atoms with E-state index in [0.717, 1.165) is 16.8 Å². The molecule has 0 spiro atoms. The minimum absolute atomic E-state index is 0.00658. The quantitative estimate of drug-likeness (QED) is 0.455. The van der Waals surface area contributed by atoms with E-state index in [1.165, 1.54) is 6.07 Å². The number of carbonyl (C=O) groups excluding carboxylic acids is 1. The molecular formula is C26H36N2O6. The van der Waals surface area contributed by atoms with E-state index in [-0.39, 0.29) is 34.5 Å². The van der Waals surface area contributed by atoms with Gasteiger partial charge in [-0.25, -0.2) is 10.7 Å². The van der Waals surface area contributed by atoms with Crippen molar-refractivity contribution in [3.05, 3.63) is 45.7 Å². The summed E-state index contributed by atoms with van der Waals surface area (Å²) in [6.07, 6.45) is 2.34. The molecule has 1 atom stereocenters. The van der Waals surface area contributed by atoms with E-state index in [1.54, 1.807) is 20.2 Å². The fraction of sp³-hybridized carbons (Fsp3) is 0.538. The molecule has 8 nitrogen and oxygen atoms in total. The van der Waals surface area contributed by atoms with Crippen LogP contribution < -0.4 is 20.8 Å². The van der Waals surface area contributed by atoms with E-state index in [9.17, 15) is 9.59 Å². The molecule has 34 heavy (non-hydrogen) atoms. The molecule has 0 saturated heterocycles. The zero-order valence-corrected chi connectivity index (χ0v) is 21.2. The lowest BCUT2D eigenvalue weighted by atomic mass is 9.78. The van der Waals surface area contributed by atoms with Crippen LogP contribution in [0.25, 0.3) is 11.3 Å². The molecule has 1 aromatic carbocycles. The normalized spacial score (nSPS) is 15.4. The van der Waals surface area contributed by atoms with Gasteiger partial charge in [0.2, 0.25) is 0 Å². The molecule has 0 fully saturated rings. The Morgan fingerprint density at radius 1 is 1.12 bits per heavy atom. The number of nitrogens with zero attached hydrogens (tertiary/aromatic N) is 1. The number of aromatic nitrogens is 1. The van der Waals surface area contributed by atoms with Gasteiger partial charge in [-0.05, 0) is 36.5 Å². The number of fused-ring (bicyclic) bond motifs is 3. The summed E-state index contributed by atoms with van der Waals surface area (Å²) < 4.78 is 18.9. The van der Waals surface area contributed by atoms with Crippen molar-refractivity contribution in [2.45, 2.75) is 54.0 Å². The third-order valence-corrected chi connectivity index (χ3v) is 6.08. The molecule has 0 amide bonds.